The molecule has 0 aromatic carbocycles. The van der Waals surface area contributed by atoms with E-state index in [1.165, 1.54) is 19.3 Å². The number of hydrogen-bond donors (Lipinski definition) is 1. The fourth-order valence-corrected chi connectivity index (χ4v) is 6.99. The Morgan fingerprint density at radius 3 is 2.28 bits per heavy atom. The Hall–Kier alpha value is -1.98. The van der Waals surface area contributed by atoms with Crippen LogP contribution in [0.25, 0.3) is 0 Å². The van der Waals surface area contributed by atoms with Crippen LogP contribution in [0, 0.1) is 17.8 Å². The Kier molecular flexibility index (Phi) is 4.83. The number of carbonyl (C=O) groups is 2. The number of rotatable bonds is 4. The van der Waals surface area contributed by atoms with Crippen molar-refractivity contribution in [2.45, 2.75) is 76.4 Å². The summed E-state index contributed by atoms with van der Waals surface area (Å²) in [6.45, 7) is 3.56. The molecule has 0 unspecified atom stereocenters. The molecule has 4 bridgehead atoms. The third-order valence-electron chi connectivity index (χ3n) is 7.93. The highest BCUT2D eigenvalue weighted by atomic mass is 16.3. The maximum atomic E-state index is 13.6. The van der Waals surface area contributed by atoms with Gasteiger partial charge in [0.2, 0.25) is 5.91 Å². The Bertz CT molecular complexity index is 716. The number of nitrogens with one attached hydrogen (secondary N) is 1. The molecule has 1 aromatic heterocycles. The standard InChI is InChI=1S/C23H33N3O3/c1-16(27)25-6-4-20(5-7-25)26(15-21-3-2-8-29-21)22(28)24-23-12-17-9-18(13-23)11-19(10-17)14-23/h2-3,8,17-20H,4-7,9-15H2,1H3,(H,24,28). The highest BCUT2D eigenvalue weighted by Crippen LogP contribution is 2.55. The molecule has 158 valence electrons. The van der Waals surface area contributed by atoms with E-state index in [9.17, 15) is 9.59 Å². The predicted molar refractivity (Wildman–Crippen MR) is 109 cm³/mol. The second-order valence-corrected chi connectivity index (χ2v) is 10.1. The number of piperidine rings is 1. The molecule has 2 heterocycles. The maximum absolute atomic E-state index is 13.6. The molecule has 6 nitrogen and oxygen atoms in total. The first-order valence-corrected chi connectivity index (χ1v) is 11.4. The third-order valence-corrected chi connectivity index (χ3v) is 7.93. The van der Waals surface area contributed by atoms with E-state index in [2.05, 4.69) is 5.32 Å². The van der Waals surface area contributed by atoms with E-state index in [1.54, 1.807) is 13.2 Å². The van der Waals surface area contributed by atoms with Gasteiger partial charge in [-0.15, -0.1) is 0 Å². The van der Waals surface area contributed by atoms with Crippen LogP contribution in [0.2, 0.25) is 0 Å². The number of furan rings is 1. The van der Waals surface area contributed by atoms with Gasteiger partial charge in [-0.1, -0.05) is 0 Å². The zero-order valence-electron chi connectivity index (χ0n) is 17.4. The van der Waals surface area contributed by atoms with Gasteiger partial charge in [0.05, 0.1) is 12.8 Å². The van der Waals surface area contributed by atoms with E-state index < -0.39 is 0 Å². The maximum Gasteiger partial charge on any atom is 0.318 e. The molecule has 0 atom stereocenters. The molecule has 29 heavy (non-hydrogen) atoms. The minimum absolute atomic E-state index is 0.00728. The van der Waals surface area contributed by atoms with Crippen molar-refractivity contribution in [3.63, 3.8) is 0 Å². The average molecular weight is 400 g/mol. The lowest BCUT2D eigenvalue weighted by Crippen LogP contribution is -2.63. The Morgan fingerprint density at radius 1 is 1.14 bits per heavy atom. The molecule has 4 aliphatic carbocycles. The van der Waals surface area contributed by atoms with E-state index in [0.717, 1.165) is 68.7 Å². The molecule has 6 rings (SSSR count). The first kappa shape index (κ1) is 19.0. The topological polar surface area (TPSA) is 65.8 Å². The van der Waals surface area contributed by atoms with Crippen molar-refractivity contribution in [3.05, 3.63) is 24.2 Å². The van der Waals surface area contributed by atoms with Crippen molar-refractivity contribution in [1.29, 1.82) is 0 Å². The van der Waals surface area contributed by atoms with Gasteiger partial charge in [0.15, 0.2) is 0 Å². The van der Waals surface area contributed by atoms with Crippen molar-refractivity contribution < 1.29 is 14.0 Å². The van der Waals surface area contributed by atoms with Crippen molar-refractivity contribution in [2.24, 2.45) is 17.8 Å². The summed E-state index contributed by atoms with van der Waals surface area (Å²) in [5.41, 5.74) is 0.00728. The molecular weight excluding hydrogens is 366 g/mol. The average Bonchev–Trinajstić information content (AvgIpc) is 3.18. The Balaban J connectivity index is 1.31. The van der Waals surface area contributed by atoms with Crippen LogP contribution in [0.5, 0.6) is 0 Å². The molecule has 3 amide bonds. The molecule has 0 radical (unpaired) electrons. The van der Waals surface area contributed by atoms with Gasteiger partial charge in [0, 0.05) is 31.6 Å². The van der Waals surface area contributed by atoms with Crippen LogP contribution >= 0.6 is 0 Å². The number of hydrogen-bond acceptors (Lipinski definition) is 3. The van der Waals surface area contributed by atoms with Gasteiger partial charge in [-0.25, -0.2) is 4.79 Å². The van der Waals surface area contributed by atoms with Gasteiger partial charge in [-0.2, -0.15) is 0 Å². The van der Waals surface area contributed by atoms with Crippen molar-refractivity contribution in [3.8, 4) is 0 Å². The minimum Gasteiger partial charge on any atom is -0.467 e. The van der Waals surface area contributed by atoms with E-state index in [0.29, 0.717) is 6.54 Å². The summed E-state index contributed by atoms with van der Waals surface area (Å²) in [5.74, 6) is 3.36. The number of amides is 3. The van der Waals surface area contributed by atoms with Crippen LogP contribution in [0.1, 0.15) is 64.1 Å². The first-order valence-electron chi connectivity index (χ1n) is 11.4. The predicted octanol–water partition coefficient (Wildman–Crippen LogP) is 3.77. The first-order chi connectivity index (χ1) is 14.0. The molecule has 1 aromatic rings. The van der Waals surface area contributed by atoms with E-state index in [-0.39, 0.29) is 23.5 Å². The lowest BCUT2D eigenvalue weighted by atomic mass is 9.53. The Labute approximate surface area is 173 Å². The van der Waals surface area contributed by atoms with Gasteiger partial charge >= 0.3 is 6.03 Å². The molecule has 6 heteroatoms. The summed E-state index contributed by atoms with van der Waals surface area (Å²) >= 11 is 0. The summed E-state index contributed by atoms with van der Waals surface area (Å²) in [5, 5.41) is 3.53. The normalized spacial score (nSPS) is 33.7. The molecule has 0 spiro atoms. The fourth-order valence-electron chi connectivity index (χ4n) is 6.99. The van der Waals surface area contributed by atoms with Crippen LogP contribution in [0.15, 0.2) is 22.8 Å². The van der Waals surface area contributed by atoms with E-state index >= 15 is 0 Å². The lowest BCUT2D eigenvalue weighted by molar-refractivity contribution is -0.130. The van der Waals surface area contributed by atoms with Gasteiger partial charge < -0.3 is 19.5 Å². The molecule has 5 aliphatic rings. The van der Waals surface area contributed by atoms with Gasteiger partial charge in [-0.05, 0) is 81.3 Å². The fraction of sp³-hybridized carbons (Fsp3) is 0.739. The number of carbonyl (C=O) groups excluding carboxylic acids is 2. The van der Waals surface area contributed by atoms with Crippen molar-refractivity contribution in [1.82, 2.24) is 15.1 Å². The monoisotopic (exact) mass is 399 g/mol. The second kappa shape index (κ2) is 7.37. The molecule has 5 fully saturated rings. The van der Waals surface area contributed by atoms with Crippen LogP contribution in [0.3, 0.4) is 0 Å². The number of urea groups is 1. The molecule has 1 N–H and O–H groups in total. The summed E-state index contributed by atoms with van der Waals surface area (Å²) in [4.78, 5) is 29.1. The van der Waals surface area contributed by atoms with Crippen LogP contribution in [0.4, 0.5) is 4.79 Å². The zero-order valence-corrected chi connectivity index (χ0v) is 17.4. The molecule has 1 saturated heterocycles. The molecular formula is C23H33N3O3. The van der Waals surface area contributed by atoms with E-state index in [4.69, 9.17) is 4.42 Å². The van der Waals surface area contributed by atoms with Crippen LogP contribution < -0.4 is 5.32 Å². The quantitative estimate of drug-likeness (QED) is 0.838. The third kappa shape index (κ3) is 3.78. The summed E-state index contributed by atoms with van der Waals surface area (Å²) in [7, 11) is 0. The number of likely N-dealkylation sites (tertiary alicyclic amines) is 1. The molecule has 1 aliphatic heterocycles. The van der Waals surface area contributed by atoms with Crippen LogP contribution in [-0.4, -0.2) is 46.4 Å². The van der Waals surface area contributed by atoms with Gasteiger partial charge in [0.1, 0.15) is 5.76 Å². The minimum atomic E-state index is 0.00728. The van der Waals surface area contributed by atoms with Crippen molar-refractivity contribution >= 4 is 11.9 Å². The van der Waals surface area contributed by atoms with Crippen molar-refractivity contribution in [2.75, 3.05) is 13.1 Å². The summed E-state index contributed by atoms with van der Waals surface area (Å²) in [6.07, 6.45) is 10.9. The van der Waals surface area contributed by atoms with Crippen LogP contribution in [-0.2, 0) is 11.3 Å². The Morgan fingerprint density at radius 2 is 1.76 bits per heavy atom. The van der Waals surface area contributed by atoms with E-state index in [1.807, 2.05) is 21.9 Å². The molecule has 4 saturated carbocycles. The SMILES string of the molecule is CC(=O)N1CCC(N(Cc2ccco2)C(=O)NC23CC4CC(CC(C4)C2)C3)CC1. The van der Waals surface area contributed by atoms with Gasteiger partial charge in [0.25, 0.3) is 0 Å². The zero-order chi connectivity index (χ0) is 20.0. The highest BCUT2D eigenvalue weighted by molar-refractivity contribution is 5.76. The summed E-state index contributed by atoms with van der Waals surface area (Å²) in [6, 6.07) is 4.02. The largest absolute Gasteiger partial charge is 0.467 e. The lowest BCUT2D eigenvalue weighted by Gasteiger charge is -2.57. The smallest absolute Gasteiger partial charge is 0.318 e. The highest BCUT2D eigenvalue weighted by Gasteiger charge is 2.52. The summed E-state index contributed by atoms with van der Waals surface area (Å²) < 4.78 is 5.57. The van der Waals surface area contributed by atoms with Gasteiger partial charge in [-0.3, -0.25) is 4.79 Å². The number of nitrogens with zero attached hydrogens (tertiary/aromatic N) is 2. The second-order valence-electron chi connectivity index (χ2n) is 10.1.